The van der Waals surface area contributed by atoms with E-state index in [1.54, 1.807) is 0 Å². The predicted molar refractivity (Wildman–Crippen MR) is 87.7 cm³/mol. The van der Waals surface area contributed by atoms with Crippen LogP contribution in [0, 0.1) is 6.92 Å². The summed E-state index contributed by atoms with van der Waals surface area (Å²) in [5.74, 6) is 0. The molecule has 0 fully saturated rings. The van der Waals surface area contributed by atoms with Crippen molar-refractivity contribution < 1.29 is 9.90 Å². The van der Waals surface area contributed by atoms with Gasteiger partial charge in [0.2, 0.25) is 0 Å². The number of aliphatic hydroxyl groups is 1. The Balaban J connectivity index is 1.78. The van der Waals surface area contributed by atoms with Crippen LogP contribution in [-0.2, 0) is 6.42 Å². The molecule has 0 saturated carbocycles. The average Bonchev–Trinajstić information content (AvgIpc) is 2.55. The number of rotatable bonds is 6. The molecule has 1 unspecified atom stereocenters. The lowest BCUT2D eigenvalue weighted by Gasteiger charge is -2.17. The molecule has 0 aliphatic carbocycles. The molecular weight excluding hydrogens is 276 g/mol. The van der Waals surface area contributed by atoms with Gasteiger partial charge < -0.3 is 15.7 Å². The standard InChI is InChI=1S/C18H22N2O2/c1-14-7-9-15(10-8-14)11-12-19-18(22)20-17(13-21)16-5-3-2-4-6-16/h2-10,17,21H,11-13H2,1H3,(H2,19,20,22). The van der Waals surface area contributed by atoms with Gasteiger partial charge in [0.15, 0.2) is 0 Å². The maximum Gasteiger partial charge on any atom is 0.315 e. The van der Waals surface area contributed by atoms with Crippen LogP contribution in [0.4, 0.5) is 4.79 Å². The number of aryl methyl sites for hydroxylation is 1. The molecule has 0 heterocycles. The van der Waals surface area contributed by atoms with Gasteiger partial charge >= 0.3 is 6.03 Å². The molecule has 2 aromatic rings. The van der Waals surface area contributed by atoms with Gasteiger partial charge in [-0.15, -0.1) is 0 Å². The molecular formula is C18H22N2O2. The van der Waals surface area contributed by atoms with Gasteiger partial charge in [0.25, 0.3) is 0 Å². The van der Waals surface area contributed by atoms with Crippen molar-refractivity contribution in [2.75, 3.05) is 13.2 Å². The molecule has 3 N–H and O–H groups in total. The Bertz CT molecular complexity index is 582. The second-order valence-corrected chi connectivity index (χ2v) is 5.28. The first kappa shape index (κ1) is 16.0. The van der Waals surface area contributed by atoms with Gasteiger partial charge in [-0.2, -0.15) is 0 Å². The van der Waals surface area contributed by atoms with E-state index >= 15 is 0 Å². The molecule has 2 amide bonds. The third-order valence-corrected chi connectivity index (χ3v) is 3.51. The lowest BCUT2D eigenvalue weighted by Crippen LogP contribution is -2.40. The van der Waals surface area contributed by atoms with Crippen LogP contribution in [0.15, 0.2) is 54.6 Å². The van der Waals surface area contributed by atoms with Crippen LogP contribution in [-0.4, -0.2) is 24.3 Å². The lowest BCUT2D eigenvalue weighted by atomic mass is 10.1. The molecule has 2 aromatic carbocycles. The van der Waals surface area contributed by atoms with Gasteiger partial charge in [0.1, 0.15) is 0 Å². The molecule has 0 saturated heterocycles. The third kappa shape index (κ3) is 4.90. The summed E-state index contributed by atoms with van der Waals surface area (Å²) in [5.41, 5.74) is 3.30. The van der Waals surface area contributed by atoms with Crippen LogP contribution >= 0.6 is 0 Å². The number of carbonyl (C=O) groups excluding carboxylic acids is 1. The normalized spacial score (nSPS) is 11.7. The summed E-state index contributed by atoms with van der Waals surface area (Å²) in [7, 11) is 0. The summed E-state index contributed by atoms with van der Waals surface area (Å²) in [6.45, 7) is 2.48. The fourth-order valence-corrected chi connectivity index (χ4v) is 2.20. The highest BCUT2D eigenvalue weighted by atomic mass is 16.3. The Labute approximate surface area is 131 Å². The molecule has 0 radical (unpaired) electrons. The van der Waals surface area contributed by atoms with E-state index in [4.69, 9.17) is 0 Å². The lowest BCUT2D eigenvalue weighted by molar-refractivity contribution is 0.217. The van der Waals surface area contributed by atoms with Crippen LogP contribution in [0.1, 0.15) is 22.7 Å². The number of carbonyl (C=O) groups is 1. The molecule has 0 bridgehead atoms. The number of benzene rings is 2. The number of hydrogen-bond acceptors (Lipinski definition) is 2. The van der Waals surface area contributed by atoms with Crippen molar-refractivity contribution in [1.29, 1.82) is 0 Å². The van der Waals surface area contributed by atoms with Gasteiger partial charge in [0, 0.05) is 6.54 Å². The van der Waals surface area contributed by atoms with Crippen molar-refractivity contribution >= 4 is 6.03 Å². The fraction of sp³-hybridized carbons (Fsp3) is 0.278. The van der Waals surface area contributed by atoms with Crippen LogP contribution in [0.25, 0.3) is 0 Å². The van der Waals surface area contributed by atoms with E-state index in [2.05, 4.69) is 34.9 Å². The molecule has 0 aliphatic rings. The Morgan fingerprint density at radius 2 is 1.77 bits per heavy atom. The summed E-state index contributed by atoms with van der Waals surface area (Å²) in [5, 5.41) is 15.0. The second kappa shape index (κ2) is 8.20. The van der Waals surface area contributed by atoms with Crippen LogP contribution in [0.3, 0.4) is 0 Å². The maximum absolute atomic E-state index is 11.9. The Morgan fingerprint density at radius 3 is 2.41 bits per heavy atom. The highest BCUT2D eigenvalue weighted by Crippen LogP contribution is 2.11. The van der Waals surface area contributed by atoms with Gasteiger partial charge in [0.05, 0.1) is 12.6 Å². The zero-order chi connectivity index (χ0) is 15.8. The molecule has 0 aromatic heterocycles. The molecule has 22 heavy (non-hydrogen) atoms. The summed E-state index contributed by atoms with van der Waals surface area (Å²) < 4.78 is 0. The van der Waals surface area contributed by atoms with E-state index in [1.165, 1.54) is 11.1 Å². The molecule has 0 aliphatic heterocycles. The number of nitrogens with one attached hydrogen (secondary N) is 2. The predicted octanol–water partition coefficient (Wildman–Crippen LogP) is 2.57. The molecule has 0 spiro atoms. The molecule has 4 heteroatoms. The van der Waals surface area contributed by atoms with E-state index < -0.39 is 0 Å². The number of hydrogen-bond donors (Lipinski definition) is 3. The van der Waals surface area contributed by atoms with Crippen molar-refractivity contribution in [3.05, 3.63) is 71.3 Å². The van der Waals surface area contributed by atoms with Gasteiger partial charge in [-0.1, -0.05) is 60.2 Å². The quantitative estimate of drug-likeness (QED) is 0.767. The molecule has 1 atom stereocenters. The molecule has 4 nitrogen and oxygen atoms in total. The van der Waals surface area contributed by atoms with Crippen LogP contribution < -0.4 is 10.6 Å². The van der Waals surface area contributed by atoms with Crippen molar-refractivity contribution in [2.24, 2.45) is 0 Å². The van der Waals surface area contributed by atoms with Crippen molar-refractivity contribution in [1.82, 2.24) is 10.6 Å². The molecule has 2 rings (SSSR count). The minimum atomic E-state index is -0.388. The first-order valence-corrected chi connectivity index (χ1v) is 7.45. The first-order chi connectivity index (χ1) is 10.7. The third-order valence-electron chi connectivity index (χ3n) is 3.51. The van der Waals surface area contributed by atoms with Crippen LogP contribution in [0.2, 0.25) is 0 Å². The maximum atomic E-state index is 11.9. The average molecular weight is 298 g/mol. The zero-order valence-electron chi connectivity index (χ0n) is 12.8. The topological polar surface area (TPSA) is 61.4 Å². The smallest absolute Gasteiger partial charge is 0.315 e. The van der Waals surface area contributed by atoms with Crippen molar-refractivity contribution in [3.63, 3.8) is 0 Å². The van der Waals surface area contributed by atoms with Gasteiger partial charge in [-0.3, -0.25) is 0 Å². The highest BCUT2D eigenvalue weighted by Gasteiger charge is 2.12. The van der Waals surface area contributed by atoms with Gasteiger partial charge in [-0.05, 0) is 24.5 Å². The number of aliphatic hydroxyl groups excluding tert-OH is 1. The first-order valence-electron chi connectivity index (χ1n) is 7.45. The van der Waals surface area contributed by atoms with Crippen LogP contribution in [0.5, 0.6) is 0 Å². The summed E-state index contributed by atoms with van der Waals surface area (Å²) in [4.78, 5) is 11.9. The Hall–Kier alpha value is -2.33. The minimum Gasteiger partial charge on any atom is -0.394 e. The number of amides is 2. The fourth-order valence-electron chi connectivity index (χ4n) is 2.20. The van der Waals surface area contributed by atoms with Gasteiger partial charge in [-0.25, -0.2) is 4.79 Å². The summed E-state index contributed by atoms with van der Waals surface area (Å²) in [6, 6.07) is 17.0. The molecule has 116 valence electrons. The largest absolute Gasteiger partial charge is 0.394 e. The van der Waals surface area contributed by atoms with Crippen molar-refractivity contribution in [2.45, 2.75) is 19.4 Å². The van der Waals surface area contributed by atoms with E-state index in [0.717, 1.165) is 12.0 Å². The summed E-state index contributed by atoms with van der Waals surface area (Å²) in [6.07, 6.45) is 0.781. The minimum absolute atomic E-state index is 0.130. The van der Waals surface area contributed by atoms with Crippen molar-refractivity contribution in [3.8, 4) is 0 Å². The Morgan fingerprint density at radius 1 is 1.09 bits per heavy atom. The summed E-state index contributed by atoms with van der Waals surface area (Å²) >= 11 is 0. The Kier molecular flexibility index (Phi) is 5.98. The van der Waals surface area contributed by atoms with E-state index in [-0.39, 0.29) is 18.7 Å². The second-order valence-electron chi connectivity index (χ2n) is 5.28. The highest BCUT2D eigenvalue weighted by molar-refractivity contribution is 5.74. The van der Waals surface area contributed by atoms with E-state index in [1.807, 2.05) is 37.3 Å². The van der Waals surface area contributed by atoms with E-state index in [9.17, 15) is 9.90 Å². The number of urea groups is 1. The zero-order valence-corrected chi connectivity index (χ0v) is 12.8. The van der Waals surface area contributed by atoms with E-state index in [0.29, 0.717) is 6.54 Å². The SMILES string of the molecule is Cc1ccc(CCNC(=O)NC(CO)c2ccccc2)cc1. The monoisotopic (exact) mass is 298 g/mol.